The van der Waals surface area contributed by atoms with Crippen LogP contribution in [0, 0.1) is 23.5 Å². The summed E-state index contributed by atoms with van der Waals surface area (Å²) in [6, 6.07) is 10.5. The number of halogens is 2. The Bertz CT molecular complexity index is 1630. The van der Waals surface area contributed by atoms with Crippen LogP contribution in [0.3, 0.4) is 0 Å². The van der Waals surface area contributed by atoms with Gasteiger partial charge < -0.3 is 9.64 Å². The number of pyridine rings is 1. The Morgan fingerprint density at radius 2 is 1.71 bits per heavy atom. The summed E-state index contributed by atoms with van der Waals surface area (Å²) in [5.41, 5.74) is 0.677. The molecule has 8 heteroatoms. The zero-order chi connectivity index (χ0) is 27.7. The summed E-state index contributed by atoms with van der Waals surface area (Å²) in [6.45, 7) is 6.10. The van der Waals surface area contributed by atoms with Crippen LogP contribution in [0.25, 0.3) is 32.9 Å². The lowest BCUT2D eigenvalue weighted by atomic mass is 9.88. The molecular weight excluding hydrogens is 520 g/mol. The predicted octanol–water partition coefficient (Wildman–Crippen LogP) is 6.76. The average molecular weight is 556 g/mol. The van der Waals surface area contributed by atoms with Crippen molar-refractivity contribution in [1.29, 1.82) is 0 Å². The highest BCUT2D eigenvalue weighted by Gasteiger charge is 2.49. The molecule has 41 heavy (non-hydrogen) atoms. The molecule has 2 bridgehead atoms. The normalized spacial score (nSPS) is 24.3. The Hall–Kier alpha value is -3.39. The molecule has 4 aliphatic rings. The number of fused-ring (bicyclic) bond motifs is 5. The molecule has 8 rings (SSSR count). The molecule has 5 heterocycles. The number of hydrogen-bond acceptors (Lipinski definition) is 6. The average Bonchev–Trinajstić information content (AvgIpc) is 3.67. The quantitative estimate of drug-likeness (QED) is 0.271. The van der Waals surface area contributed by atoms with Crippen LogP contribution in [0.15, 0.2) is 42.6 Å². The van der Waals surface area contributed by atoms with Crippen molar-refractivity contribution >= 4 is 27.5 Å². The lowest BCUT2D eigenvalue weighted by Gasteiger charge is -2.37. The van der Waals surface area contributed by atoms with Crippen LogP contribution in [0.4, 0.5) is 14.6 Å². The fraction of sp³-hybridized carbons (Fsp3) is 0.485. The van der Waals surface area contributed by atoms with Crippen LogP contribution in [-0.2, 0) is 0 Å². The molecule has 3 atom stereocenters. The molecule has 0 spiro atoms. The molecule has 3 aliphatic heterocycles. The first-order chi connectivity index (χ1) is 20.0. The smallest absolute Gasteiger partial charge is 0.319 e. The zero-order valence-corrected chi connectivity index (χ0v) is 23.5. The molecule has 1 saturated carbocycles. The van der Waals surface area contributed by atoms with E-state index in [1.807, 2.05) is 18.2 Å². The van der Waals surface area contributed by atoms with E-state index < -0.39 is 11.6 Å². The Morgan fingerprint density at radius 1 is 0.976 bits per heavy atom. The van der Waals surface area contributed by atoms with Crippen LogP contribution in [0.1, 0.15) is 51.9 Å². The second-order valence-electron chi connectivity index (χ2n) is 12.7. The predicted molar refractivity (Wildman–Crippen MR) is 156 cm³/mol. The number of benzene rings is 2. The highest BCUT2D eigenvalue weighted by Crippen LogP contribution is 2.44. The monoisotopic (exact) mass is 555 g/mol. The van der Waals surface area contributed by atoms with Gasteiger partial charge in [0.05, 0.1) is 10.9 Å². The highest BCUT2D eigenvalue weighted by molar-refractivity contribution is 5.99. The van der Waals surface area contributed by atoms with Crippen molar-refractivity contribution in [2.75, 3.05) is 31.1 Å². The first-order valence-corrected chi connectivity index (χ1v) is 15.2. The van der Waals surface area contributed by atoms with Crippen molar-refractivity contribution in [3.05, 3.63) is 54.2 Å². The number of hydrogen-bond donors (Lipinski definition) is 0. The van der Waals surface area contributed by atoms with Crippen LogP contribution in [0.5, 0.6) is 6.01 Å². The SMILES string of the molecule is CC(Oc1nc(N2CC3CCC(C3)C2)c2cnc(-c3cccc4cccc(F)c34)c(F)c2n1)C12CCCN1CCC2. The summed E-state index contributed by atoms with van der Waals surface area (Å²) in [6.07, 6.45) is 9.78. The summed E-state index contributed by atoms with van der Waals surface area (Å²) in [5.74, 6) is 0.981. The van der Waals surface area contributed by atoms with Crippen molar-refractivity contribution in [2.24, 2.45) is 11.8 Å². The van der Waals surface area contributed by atoms with Crippen LogP contribution in [0.2, 0.25) is 0 Å². The number of nitrogens with zero attached hydrogens (tertiary/aromatic N) is 5. The highest BCUT2D eigenvalue weighted by atomic mass is 19.1. The molecule has 4 fully saturated rings. The summed E-state index contributed by atoms with van der Waals surface area (Å²) in [7, 11) is 0. The van der Waals surface area contributed by atoms with Crippen molar-refractivity contribution in [3.8, 4) is 17.3 Å². The van der Waals surface area contributed by atoms with E-state index in [9.17, 15) is 0 Å². The maximum absolute atomic E-state index is 16.6. The van der Waals surface area contributed by atoms with Crippen LogP contribution >= 0.6 is 0 Å². The Labute approximate surface area is 238 Å². The van der Waals surface area contributed by atoms with Gasteiger partial charge in [0.2, 0.25) is 0 Å². The Morgan fingerprint density at radius 3 is 2.46 bits per heavy atom. The maximum atomic E-state index is 16.6. The van der Waals surface area contributed by atoms with Gasteiger partial charge in [-0.2, -0.15) is 9.97 Å². The van der Waals surface area contributed by atoms with Crippen molar-refractivity contribution in [2.45, 2.75) is 63.5 Å². The molecule has 0 amide bonds. The van der Waals surface area contributed by atoms with E-state index in [1.54, 1.807) is 18.3 Å². The largest absolute Gasteiger partial charge is 0.458 e. The van der Waals surface area contributed by atoms with E-state index in [1.165, 1.54) is 38.2 Å². The molecule has 2 aromatic heterocycles. The van der Waals surface area contributed by atoms with E-state index in [0.717, 1.165) is 39.0 Å². The number of piperidine rings is 1. The van der Waals surface area contributed by atoms with Gasteiger partial charge in [0.25, 0.3) is 0 Å². The first kappa shape index (κ1) is 25.3. The minimum absolute atomic E-state index is 0.00879. The van der Waals surface area contributed by atoms with Crippen molar-refractivity contribution in [3.63, 3.8) is 0 Å². The number of ether oxygens (including phenoxy) is 1. The molecule has 3 unspecified atom stereocenters. The van der Waals surface area contributed by atoms with E-state index in [4.69, 9.17) is 14.7 Å². The number of anilines is 1. The molecular formula is C33H35F2N5O. The van der Waals surface area contributed by atoms with Gasteiger partial charge in [0.15, 0.2) is 5.82 Å². The van der Waals surface area contributed by atoms with Gasteiger partial charge in [0.1, 0.15) is 28.9 Å². The van der Waals surface area contributed by atoms with Gasteiger partial charge in [-0.1, -0.05) is 30.3 Å². The van der Waals surface area contributed by atoms with Gasteiger partial charge in [-0.3, -0.25) is 9.88 Å². The molecule has 6 nitrogen and oxygen atoms in total. The lowest BCUT2D eigenvalue weighted by Crippen LogP contribution is -2.50. The summed E-state index contributed by atoms with van der Waals surface area (Å²) in [4.78, 5) is 19.1. The topological polar surface area (TPSA) is 54.4 Å². The third kappa shape index (κ3) is 4.01. The summed E-state index contributed by atoms with van der Waals surface area (Å²) in [5, 5.41) is 1.63. The summed E-state index contributed by atoms with van der Waals surface area (Å²) >= 11 is 0. The van der Waals surface area contributed by atoms with Crippen molar-refractivity contribution in [1.82, 2.24) is 19.9 Å². The van der Waals surface area contributed by atoms with E-state index >= 15 is 8.78 Å². The molecule has 4 aromatic rings. The Balaban J connectivity index is 1.27. The molecule has 2 aromatic carbocycles. The van der Waals surface area contributed by atoms with Gasteiger partial charge in [0, 0.05) is 30.2 Å². The van der Waals surface area contributed by atoms with E-state index in [0.29, 0.717) is 39.4 Å². The van der Waals surface area contributed by atoms with E-state index in [2.05, 4.69) is 21.7 Å². The fourth-order valence-electron chi connectivity index (χ4n) is 8.46. The molecule has 212 valence electrons. The fourth-order valence-corrected chi connectivity index (χ4v) is 8.46. The van der Waals surface area contributed by atoms with Gasteiger partial charge in [-0.25, -0.2) is 8.78 Å². The third-order valence-corrected chi connectivity index (χ3v) is 10.4. The minimum Gasteiger partial charge on any atom is -0.458 e. The van der Waals surface area contributed by atoms with Crippen LogP contribution < -0.4 is 9.64 Å². The Kier molecular flexibility index (Phi) is 5.92. The second-order valence-corrected chi connectivity index (χ2v) is 12.7. The van der Waals surface area contributed by atoms with Gasteiger partial charge in [-0.15, -0.1) is 0 Å². The maximum Gasteiger partial charge on any atom is 0.319 e. The lowest BCUT2D eigenvalue weighted by molar-refractivity contribution is 0.0407. The molecule has 3 saturated heterocycles. The first-order valence-electron chi connectivity index (χ1n) is 15.2. The van der Waals surface area contributed by atoms with E-state index in [-0.39, 0.29) is 28.9 Å². The minimum atomic E-state index is -0.569. The van der Waals surface area contributed by atoms with Gasteiger partial charge >= 0.3 is 6.01 Å². The molecule has 1 aliphatic carbocycles. The summed E-state index contributed by atoms with van der Waals surface area (Å²) < 4.78 is 38.2. The van der Waals surface area contributed by atoms with Gasteiger partial charge in [-0.05, 0) is 88.2 Å². The van der Waals surface area contributed by atoms with Crippen molar-refractivity contribution < 1.29 is 13.5 Å². The molecule has 0 radical (unpaired) electrons. The molecule has 0 N–H and O–H groups in total. The number of aromatic nitrogens is 3. The standard InChI is InChI=1S/C33H35F2N5O/c1-20(33-12-4-14-40(33)15-5-13-33)41-32-37-30-25(31(38-32)39-18-21-10-11-22(16-21)19-39)17-36-29(28(30)35)24-8-2-6-23-7-3-9-26(34)27(23)24/h2-3,6-9,17,20-22H,4-5,10-16,18-19H2,1H3. The van der Waals surface area contributed by atoms with Crippen LogP contribution in [-0.4, -0.2) is 57.7 Å². The second kappa shape index (κ2) is 9.58. The zero-order valence-electron chi connectivity index (χ0n) is 23.5. The number of rotatable bonds is 5. The third-order valence-electron chi connectivity index (χ3n) is 10.4.